The van der Waals surface area contributed by atoms with Crippen molar-refractivity contribution in [1.82, 2.24) is 0 Å². The molecule has 1 aromatic rings. The van der Waals surface area contributed by atoms with Gasteiger partial charge in [-0.3, -0.25) is 4.79 Å². The van der Waals surface area contributed by atoms with Crippen LogP contribution in [0.25, 0.3) is 0 Å². The summed E-state index contributed by atoms with van der Waals surface area (Å²) in [7, 11) is 0. The van der Waals surface area contributed by atoms with Crippen LogP contribution in [0.15, 0.2) is 24.3 Å². The minimum atomic E-state index is -0.0651. The molecule has 0 aliphatic rings. The molecule has 13 heavy (non-hydrogen) atoms. The zero-order valence-corrected chi connectivity index (χ0v) is 8.17. The predicted octanol–water partition coefficient (Wildman–Crippen LogP) is 2.51. The molecular weight excluding hydrogens is 188 g/mol. The first-order valence-corrected chi connectivity index (χ1v) is 4.63. The Morgan fingerprint density at radius 2 is 2.00 bits per heavy atom. The van der Waals surface area contributed by atoms with Crippen molar-refractivity contribution < 1.29 is 9.53 Å². The number of rotatable bonds is 4. The maximum Gasteiger partial charge on any atom is 0.177 e. The van der Waals surface area contributed by atoms with Crippen LogP contribution in [0, 0.1) is 0 Å². The Morgan fingerprint density at radius 1 is 1.38 bits per heavy atom. The number of Topliss-reactive ketones (excluding diaryl/α,β-unsaturated/α-hetero) is 1. The van der Waals surface area contributed by atoms with Gasteiger partial charge in [0.2, 0.25) is 0 Å². The molecule has 0 radical (unpaired) electrons. The van der Waals surface area contributed by atoms with E-state index in [9.17, 15) is 4.79 Å². The fourth-order valence-electron chi connectivity index (χ4n) is 0.981. The second-order valence-corrected chi connectivity index (χ2v) is 2.78. The molecule has 0 heterocycles. The van der Waals surface area contributed by atoms with Gasteiger partial charge >= 0.3 is 0 Å². The Morgan fingerprint density at radius 3 is 2.46 bits per heavy atom. The van der Waals surface area contributed by atoms with Gasteiger partial charge in [0, 0.05) is 5.56 Å². The van der Waals surface area contributed by atoms with Crippen LogP contribution < -0.4 is 4.74 Å². The monoisotopic (exact) mass is 198 g/mol. The lowest BCUT2D eigenvalue weighted by Crippen LogP contribution is -2.00. The Bertz CT molecular complexity index is 279. The van der Waals surface area contributed by atoms with E-state index in [0.29, 0.717) is 12.2 Å². The number of hydrogen-bond donors (Lipinski definition) is 0. The Labute approximate surface area is 82.5 Å². The molecule has 0 aliphatic heterocycles. The first kappa shape index (κ1) is 10.1. The normalized spacial score (nSPS) is 9.69. The molecule has 0 aromatic heterocycles. The first-order valence-electron chi connectivity index (χ1n) is 4.10. The van der Waals surface area contributed by atoms with Crippen LogP contribution in [0.3, 0.4) is 0 Å². The molecule has 0 atom stereocenters. The quantitative estimate of drug-likeness (QED) is 0.549. The minimum Gasteiger partial charge on any atom is -0.494 e. The third kappa shape index (κ3) is 2.74. The number of ketones is 1. The third-order valence-electron chi connectivity index (χ3n) is 1.61. The highest BCUT2D eigenvalue weighted by Crippen LogP contribution is 2.12. The van der Waals surface area contributed by atoms with Crippen molar-refractivity contribution in [3.05, 3.63) is 29.8 Å². The lowest BCUT2D eigenvalue weighted by atomic mass is 10.1. The molecule has 0 amide bonds. The lowest BCUT2D eigenvalue weighted by Gasteiger charge is -2.02. The van der Waals surface area contributed by atoms with E-state index in [-0.39, 0.29) is 11.7 Å². The molecule has 0 saturated heterocycles. The predicted molar refractivity (Wildman–Crippen MR) is 52.7 cm³/mol. The topological polar surface area (TPSA) is 26.3 Å². The summed E-state index contributed by atoms with van der Waals surface area (Å²) < 4.78 is 5.23. The summed E-state index contributed by atoms with van der Waals surface area (Å²) in [6, 6.07) is 6.97. The van der Waals surface area contributed by atoms with Gasteiger partial charge in [0.15, 0.2) is 5.78 Å². The standard InChI is InChI=1S/C10H11ClO2/c1-2-13-9-5-3-8(4-6-9)10(12)7-11/h3-6H,2,7H2,1H3. The van der Waals surface area contributed by atoms with Gasteiger partial charge in [-0.15, -0.1) is 11.6 Å². The largest absolute Gasteiger partial charge is 0.494 e. The number of halogens is 1. The molecule has 70 valence electrons. The van der Waals surface area contributed by atoms with Crippen molar-refractivity contribution >= 4 is 17.4 Å². The van der Waals surface area contributed by atoms with Gasteiger partial charge in [0.25, 0.3) is 0 Å². The summed E-state index contributed by atoms with van der Waals surface area (Å²) >= 11 is 5.41. The van der Waals surface area contributed by atoms with Gasteiger partial charge in [-0.05, 0) is 31.2 Å². The summed E-state index contributed by atoms with van der Waals surface area (Å²) in [5.41, 5.74) is 0.624. The average molecular weight is 199 g/mol. The van der Waals surface area contributed by atoms with E-state index in [1.165, 1.54) is 0 Å². The second-order valence-electron chi connectivity index (χ2n) is 2.51. The molecule has 0 spiro atoms. The number of ether oxygens (including phenoxy) is 1. The number of alkyl halides is 1. The maximum absolute atomic E-state index is 11.1. The molecule has 1 rings (SSSR count). The summed E-state index contributed by atoms with van der Waals surface area (Å²) in [5, 5.41) is 0. The van der Waals surface area contributed by atoms with Crippen LogP contribution in [0.5, 0.6) is 5.75 Å². The zero-order valence-electron chi connectivity index (χ0n) is 7.42. The molecule has 2 nitrogen and oxygen atoms in total. The van der Waals surface area contributed by atoms with Crippen LogP contribution in [0.2, 0.25) is 0 Å². The summed E-state index contributed by atoms with van der Waals surface area (Å²) in [4.78, 5) is 11.1. The summed E-state index contributed by atoms with van der Waals surface area (Å²) in [6.45, 7) is 2.54. The molecule has 3 heteroatoms. The molecular formula is C10H11ClO2. The molecule has 0 aliphatic carbocycles. The summed E-state index contributed by atoms with van der Waals surface area (Å²) in [6.07, 6.45) is 0. The van der Waals surface area contributed by atoms with Crippen molar-refractivity contribution in [2.24, 2.45) is 0 Å². The highest BCUT2D eigenvalue weighted by molar-refractivity contribution is 6.30. The lowest BCUT2D eigenvalue weighted by molar-refractivity contribution is 0.102. The van der Waals surface area contributed by atoms with E-state index in [0.717, 1.165) is 5.75 Å². The van der Waals surface area contributed by atoms with Crippen molar-refractivity contribution in [2.75, 3.05) is 12.5 Å². The average Bonchev–Trinajstić information content (AvgIpc) is 2.18. The van der Waals surface area contributed by atoms with Gasteiger partial charge in [-0.1, -0.05) is 0 Å². The van der Waals surface area contributed by atoms with Crippen molar-refractivity contribution in [3.8, 4) is 5.75 Å². The number of benzene rings is 1. The number of carbonyl (C=O) groups is 1. The van der Waals surface area contributed by atoms with Crippen LogP contribution in [-0.2, 0) is 0 Å². The van der Waals surface area contributed by atoms with E-state index in [1.54, 1.807) is 24.3 Å². The van der Waals surface area contributed by atoms with E-state index < -0.39 is 0 Å². The zero-order chi connectivity index (χ0) is 9.68. The van der Waals surface area contributed by atoms with Crippen LogP contribution in [0.1, 0.15) is 17.3 Å². The third-order valence-corrected chi connectivity index (χ3v) is 1.85. The van der Waals surface area contributed by atoms with Gasteiger partial charge in [-0.2, -0.15) is 0 Å². The Kier molecular flexibility index (Phi) is 3.77. The van der Waals surface area contributed by atoms with E-state index in [2.05, 4.69) is 0 Å². The fourth-order valence-corrected chi connectivity index (χ4v) is 1.14. The van der Waals surface area contributed by atoms with Crippen LogP contribution in [0.4, 0.5) is 0 Å². The van der Waals surface area contributed by atoms with Crippen molar-refractivity contribution in [1.29, 1.82) is 0 Å². The smallest absolute Gasteiger partial charge is 0.177 e. The molecule has 0 fully saturated rings. The first-order chi connectivity index (χ1) is 6.27. The van der Waals surface area contributed by atoms with Gasteiger partial charge < -0.3 is 4.74 Å². The summed E-state index contributed by atoms with van der Waals surface area (Å²) in [5.74, 6) is 0.729. The second kappa shape index (κ2) is 4.87. The highest BCUT2D eigenvalue weighted by atomic mass is 35.5. The molecule has 0 bridgehead atoms. The van der Waals surface area contributed by atoms with Crippen molar-refractivity contribution in [3.63, 3.8) is 0 Å². The van der Waals surface area contributed by atoms with Crippen LogP contribution in [-0.4, -0.2) is 18.3 Å². The van der Waals surface area contributed by atoms with Crippen molar-refractivity contribution in [2.45, 2.75) is 6.92 Å². The van der Waals surface area contributed by atoms with Crippen LogP contribution >= 0.6 is 11.6 Å². The van der Waals surface area contributed by atoms with Gasteiger partial charge in [0.05, 0.1) is 12.5 Å². The minimum absolute atomic E-state index is 0.0218. The maximum atomic E-state index is 11.1. The molecule has 0 saturated carbocycles. The van der Waals surface area contributed by atoms with E-state index in [4.69, 9.17) is 16.3 Å². The van der Waals surface area contributed by atoms with E-state index >= 15 is 0 Å². The highest BCUT2D eigenvalue weighted by Gasteiger charge is 2.02. The van der Waals surface area contributed by atoms with Gasteiger partial charge in [0.1, 0.15) is 5.75 Å². The number of hydrogen-bond acceptors (Lipinski definition) is 2. The Balaban J connectivity index is 2.75. The Hall–Kier alpha value is -1.02. The molecule has 0 unspecified atom stereocenters. The molecule has 0 N–H and O–H groups in total. The SMILES string of the molecule is CCOc1ccc(C(=O)CCl)cc1. The van der Waals surface area contributed by atoms with Gasteiger partial charge in [-0.25, -0.2) is 0 Å². The number of carbonyl (C=O) groups excluding carboxylic acids is 1. The van der Waals surface area contributed by atoms with E-state index in [1.807, 2.05) is 6.92 Å². The molecule has 1 aromatic carbocycles. The fraction of sp³-hybridized carbons (Fsp3) is 0.300.